The molecule has 6 heteroatoms. The zero-order chi connectivity index (χ0) is 14.8. The summed E-state index contributed by atoms with van der Waals surface area (Å²) in [5.74, 6) is 2.22. The number of hydrogen-bond acceptors (Lipinski definition) is 4. The molecular weight excluding hydrogens is 266 g/mol. The molecule has 1 N–H and O–H groups in total. The summed E-state index contributed by atoms with van der Waals surface area (Å²) >= 11 is 0. The molecule has 0 aliphatic rings. The molecule has 3 aromatic rings. The van der Waals surface area contributed by atoms with E-state index >= 15 is 0 Å². The second-order valence-electron chi connectivity index (χ2n) is 5.50. The Morgan fingerprint density at radius 2 is 2.14 bits per heavy atom. The quantitative estimate of drug-likeness (QED) is 0.782. The van der Waals surface area contributed by atoms with Gasteiger partial charge in [0.15, 0.2) is 0 Å². The number of aromatic amines is 1. The van der Waals surface area contributed by atoms with Gasteiger partial charge in [0.2, 0.25) is 0 Å². The number of furan rings is 1. The Kier molecular flexibility index (Phi) is 3.60. The maximum absolute atomic E-state index is 5.65. The predicted octanol–water partition coefficient (Wildman–Crippen LogP) is 2.61. The van der Waals surface area contributed by atoms with Crippen molar-refractivity contribution >= 4 is 0 Å². The first kappa shape index (κ1) is 13.6. The first-order chi connectivity index (χ1) is 10.1. The standard InChI is InChI=1S/C15H19N5O/c1-10(15-5-4-12(3)21-15)6-13-8-20(19-18-13)9-14-7-11(2)16-17-14/h4-5,7-8,10H,6,9H2,1-3H3,(H,16,17)/t10-/m1/s1. The average molecular weight is 285 g/mol. The lowest BCUT2D eigenvalue weighted by Crippen LogP contribution is -2.00. The van der Waals surface area contributed by atoms with Gasteiger partial charge in [0.25, 0.3) is 0 Å². The fourth-order valence-corrected chi connectivity index (χ4v) is 2.36. The lowest BCUT2D eigenvalue weighted by Gasteiger charge is -2.05. The first-order valence-electron chi connectivity index (χ1n) is 7.06. The lowest BCUT2D eigenvalue weighted by atomic mass is 10.0. The van der Waals surface area contributed by atoms with Crippen molar-refractivity contribution in [2.75, 3.05) is 0 Å². The van der Waals surface area contributed by atoms with E-state index in [0.717, 1.165) is 35.0 Å². The molecule has 3 heterocycles. The van der Waals surface area contributed by atoms with E-state index in [1.807, 2.05) is 42.9 Å². The highest BCUT2D eigenvalue weighted by Crippen LogP contribution is 2.21. The second-order valence-corrected chi connectivity index (χ2v) is 5.50. The van der Waals surface area contributed by atoms with Gasteiger partial charge in [-0.25, -0.2) is 4.68 Å². The Labute approximate surface area is 123 Å². The summed E-state index contributed by atoms with van der Waals surface area (Å²) in [4.78, 5) is 0. The van der Waals surface area contributed by atoms with Gasteiger partial charge >= 0.3 is 0 Å². The van der Waals surface area contributed by atoms with E-state index in [-0.39, 0.29) is 5.92 Å². The highest BCUT2D eigenvalue weighted by Gasteiger charge is 2.13. The minimum Gasteiger partial charge on any atom is -0.466 e. The van der Waals surface area contributed by atoms with Crippen LogP contribution in [0.25, 0.3) is 0 Å². The van der Waals surface area contributed by atoms with Crippen LogP contribution in [-0.2, 0) is 13.0 Å². The largest absolute Gasteiger partial charge is 0.466 e. The van der Waals surface area contributed by atoms with Gasteiger partial charge in [-0.1, -0.05) is 12.1 Å². The molecule has 0 bridgehead atoms. The maximum Gasteiger partial charge on any atom is 0.107 e. The van der Waals surface area contributed by atoms with Gasteiger partial charge in [-0.3, -0.25) is 5.10 Å². The number of rotatable bonds is 5. The third-order valence-electron chi connectivity index (χ3n) is 3.43. The summed E-state index contributed by atoms with van der Waals surface area (Å²) in [6, 6.07) is 6.02. The molecule has 0 radical (unpaired) electrons. The third kappa shape index (κ3) is 3.21. The summed E-state index contributed by atoms with van der Waals surface area (Å²) in [5, 5.41) is 15.5. The molecule has 6 nitrogen and oxygen atoms in total. The molecule has 3 aromatic heterocycles. The van der Waals surface area contributed by atoms with Crippen LogP contribution in [0.1, 0.15) is 41.4 Å². The Morgan fingerprint density at radius 3 is 2.81 bits per heavy atom. The zero-order valence-electron chi connectivity index (χ0n) is 12.5. The van der Waals surface area contributed by atoms with Gasteiger partial charge in [-0.2, -0.15) is 5.10 Å². The topological polar surface area (TPSA) is 72.5 Å². The minimum absolute atomic E-state index is 0.288. The summed E-state index contributed by atoms with van der Waals surface area (Å²) in [7, 11) is 0. The molecule has 110 valence electrons. The smallest absolute Gasteiger partial charge is 0.107 e. The van der Waals surface area contributed by atoms with E-state index in [2.05, 4.69) is 27.4 Å². The molecule has 3 rings (SSSR count). The van der Waals surface area contributed by atoms with Crippen molar-refractivity contribution < 1.29 is 4.42 Å². The van der Waals surface area contributed by atoms with E-state index in [4.69, 9.17) is 4.42 Å². The number of nitrogens with one attached hydrogen (secondary N) is 1. The van der Waals surface area contributed by atoms with Crippen molar-refractivity contribution in [1.29, 1.82) is 0 Å². The van der Waals surface area contributed by atoms with Crippen LogP contribution in [0.3, 0.4) is 0 Å². The van der Waals surface area contributed by atoms with Gasteiger partial charge in [0.1, 0.15) is 11.5 Å². The Hall–Kier alpha value is -2.37. The van der Waals surface area contributed by atoms with Crippen molar-refractivity contribution in [3.63, 3.8) is 0 Å². The van der Waals surface area contributed by atoms with Gasteiger partial charge in [0.05, 0.1) is 17.9 Å². The summed E-state index contributed by atoms with van der Waals surface area (Å²) in [6.07, 6.45) is 2.78. The Morgan fingerprint density at radius 1 is 1.29 bits per heavy atom. The normalized spacial score (nSPS) is 12.7. The Bertz CT molecular complexity index is 724. The predicted molar refractivity (Wildman–Crippen MR) is 78.0 cm³/mol. The van der Waals surface area contributed by atoms with Crippen molar-refractivity contribution in [2.24, 2.45) is 0 Å². The van der Waals surface area contributed by atoms with E-state index in [9.17, 15) is 0 Å². The van der Waals surface area contributed by atoms with Crippen LogP contribution in [0, 0.1) is 13.8 Å². The van der Waals surface area contributed by atoms with Crippen LogP contribution >= 0.6 is 0 Å². The third-order valence-corrected chi connectivity index (χ3v) is 3.43. The van der Waals surface area contributed by atoms with Crippen LogP contribution in [0.4, 0.5) is 0 Å². The Balaban J connectivity index is 1.64. The van der Waals surface area contributed by atoms with Crippen molar-refractivity contribution in [3.05, 3.63) is 53.0 Å². The molecule has 0 unspecified atom stereocenters. The van der Waals surface area contributed by atoms with Crippen LogP contribution < -0.4 is 0 Å². The second kappa shape index (κ2) is 5.55. The zero-order valence-corrected chi connectivity index (χ0v) is 12.5. The monoisotopic (exact) mass is 285 g/mol. The van der Waals surface area contributed by atoms with Crippen molar-refractivity contribution in [3.8, 4) is 0 Å². The van der Waals surface area contributed by atoms with Gasteiger partial charge in [-0.15, -0.1) is 5.10 Å². The highest BCUT2D eigenvalue weighted by molar-refractivity contribution is 5.12. The fourth-order valence-electron chi connectivity index (χ4n) is 2.36. The van der Waals surface area contributed by atoms with Crippen LogP contribution in [0.5, 0.6) is 0 Å². The van der Waals surface area contributed by atoms with Gasteiger partial charge in [0, 0.05) is 24.2 Å². The number of H-pyrrole nitrogens is 1. The van der Waals surface area contributed by atoms with E-state index in [1.165, 1.54) is 0 Å². The molecule has 0 aromatic carbocycles. The number of aryl methyl sites for hydroxylation is 2. The molecule has 21 heavy (non-hydrogen) atoms. The van der Waals surface area contributed by atoms with Crippen molar-refractivity contribution in [1.82, 2.24) is 25.2 Å². The first-order valence-corrected chi connectivity index (χ1v) is 7.06. The molecule has 0 saturated carbocycles. The summed E-state index contributed by atoms with van der Waals surface area (Å²) in [6.45, 7) is 6.70. The van der Waals surface area contributed by atoms with Crippen LogP contribution in [0.2, 0.25) is 0 Å². The molecule has 0 aliphatic heterocycles. The summed E-state index contributed by atoms with van der Waals surface area (Å²) in [5.41, 5.74) is 2.97. The lowest BCUT2D eigenvalue weighted by molar-refractivity contribution is 0.450. The van der Waals surface area contributed by atoms with Crippen LogP contribution in [-0.4, -0.2) is 25.2 Å². The molecule has 0 saturated heterocycles. The van der Waals surface area contributed by atoms with Gasteiger partial charge in [-0.05, 0) is 32.0 Å². The fraction of sp³-hybridized carbons (Fsp3) is 0.400. The maximum atomic E-state index is 5.65. The SMILES string of the molecule is Cc1cc(Cn2cc(C[C@@H](C)c3ccc(C)o3)nn2)n[nH]1. The molecular formula is C15H19N5O. The van der Waals surface area contributed by atoms with E-state index in [1.54, 1.807) is 0 Å². The molecule has 0 fully saturated rings. The van der Waals surface area contributed by atoms with E-state index < -0.39 is 0 Å². The molecule has 0 aliphatic carbocycles. The summed E-state index contributed by atoms with van der Waals surface area (Å²) < 4.78 is 7.46. The van der Waals surface area contributed by atoms with Crippen molar-refractivity contribution in [2.45, 2.75) is 39.7 Å². The highest BCUT2D eigenvalue weighted by atomic mass is 16.3. The molecule has 0 amide bonds. The van der Waals surface area contributed by atoms with Gasteiger partial charge < -0.3 is 4.42 Å². The number of hydrogen-bond donors (Lipinski definition) is 1. The minimum atomic E-state index is 0.288. The number of nitrogens with zero attached hydrogens (tertiary/aromatic N) is 4. The molecule has 1 atom stereocenters. The van der Waals surface area contributed by atoms with Crippen LogP contribution in [0.15, 0.2) is 28.8 Å². The average Bonchev–Trinajstić information content (AvgIpc) is 3.13. The number of aromatic nitrogens is 5. The van der Waals surface area contributed by atoms with E-state index in [0.29, 0.717) is 6.54 Å². The molecule has 0 spiro atoms.